The molecule has 10 heteroatoms. The summed E-state index contributed by atoms with van der Waals surface area (Å²) in [5, 5.41) is 17.3. The molecule has 0 unspecified atom stereocenters. The number of nitro groups is 1. The maximum absolute atomic E-state index is 12.8. The van der Waals surface area contributed by atoms with E-state index in [1.165, 1.54) is 0 Å². The van der Waals surface area contributed by atoms with Crippen LogP contribution in [0.4, 0.5) is 18.9 Å². The number of halogens is 4. The van der Waals surface area contributed by atoms with Crippen LogP contribution in [0.1, 0.15) is 5.56 Å². The van der Waals surface area contributed by atoms with Crippen molar-refractivity contribution in [2.45, 2.75) is 11.8 Å². The van der Waals surface area contributed by atoms with Crippen molar-refractivity contribution in [1.82, 2.24) is 0 Å². The fraction of sp³-hybridized carbons (Fsp3) is 0.400. The predicted molar refractivity (Wildman–Crippen MR) is 65.0 cm³/mol. The number of hydrogen-bond donors (Lipinski definition) is 0. The number of hydrogen-bond acceptors (Lipinski definition) is 5. The summed E-state index contributed by atoms with van der Waals surface area (Å²) in [6.07, 6.45) is -4.72. The van der Waals surface area contributed by atoms with Gasteiger partial charge < -0.3 is 4.74 Å². The molecule has 0 atom stereocenters. The maximum Gasteiger partial charge on any atom is 0.442 e. The summed E-state index contributed by atoms with van der Waals surface area (Å²) in [6, 6.07) is 2.98. The van der Waals surface area contributed by atoms with E-state index in [0.29, 0.717) is 5.33 Å². The van der Waals surface area contributed by atoms with Gasteiger partial charge in [-0.15, -0.1) is 10.2 Å². The molecule has 1 aromatic rings. The Balaban J connectivity index is 2.39. The van der Waals surface area contributed by atoms with Crippen molar-refractivity contribution in [2.24, 2.45) is 10.2 Å². The molecule has 20 heavy (non-hydrogen) atoms. The highest BCUT2D eigenvalue weighted by molar-refractivity contribution is 9.09. The van der Waals surface area contributed by atoms with Gasteiger partial charge in [-0.2, -0.15) is 13.2 Å². The van der Waals surface area contributed by atoms with Crippen LogP contribution in [0, 0.1) is 10.1 Å². The Bertz CT molecular complexity index is 571. The minimum absolute atomic E-state index is 0.101. The third-order valence-electron chi connectivity index (χ3n) is 2.59. The Morgan fingerprint density at radius 1 is 1.40 bits per heavy atom. The zero-order valence-electron chi connectivity index (χ0n) is 9.72. The molecule has 0 saturated heterocycles. The third kappa shape index (κ3) is 2.47. The molecule has 1 aromatic carbocycles. The molecule has 0 bridgehead atoms. The Hall–Kier alpha value is -1.71. The van der Waals surface area contributed by atoms with Gasteiger partial charge in [-0.3, -0.25) is 10.1 Å². The lowest BCUT2D eigenvalue weighted by Gasteiger charge is -2.15. The van der Waals surface area contributed by atoms with Crippen LogP contribution in [-0.2, 0) is 5.66 Å². The van der Waals surface area contributed by atoms with Gasteiger partial charge in [0.25, 0.3) is 0 Å². The van der Waals surface area contributed by atoms with E-state index < -0.39 is 28.0 Å². The topological polar surface area (TPSA) is 77.1 Å². The summed E-state index contributed by atoms with van der Waals surface area (Å²) >= 11 is 3.08. The van der Waals surface area contributed by atoms with E-state index in [2.05, 4.69) is 26.2 Å². The van der Waals surface area contributed by atoms with Crippen LogP contribution in [-0.4, -0.2) is 23.0 Å². The highest BCUT2D eigenvalue weighted by Gasteiger charge is 2.65. The smallest absolute Gasteiger partial charge is 0.442 e. The Morgan fingerprint density at radius 3 is 2.50 bits per heavy atom. The second-order valence-corrected chi connectivity index (χ2v) is 4.64. The van der Waals surface area contributed by atoms with Gasteiger partial charge in [0.2, 0.25) is 0 Å². The summed E-state index contributed by atoms with van der Waals surface area (Å²) in [7, 11) is 0. The second-order valence-electron chi connectivity index (χ2n) is 3.85. The molecule has 0 aromatic heterocycles. The molecule has 0 saturated carbocycles. The van der Waals surface area contributed by atoms with Gasteiger partial charge >= 0.3 is 17.5 Å². The monoisotopic (exact) mass is 353 g/mol. The quantitative estimate of drug-likeness (QED) is 0.461. The molecule has 2 rings (SSSR count). The van der Waals surface area contributed by atoms with E-state index in [9.17, 15) is 23.3 Å². The molecular weight excluding hydrogens is 347 g/mol. The van der Waals surface area contributed by atoms with Crippen LogP contribution >= 0.6 is 15.9 Å². The number of benzene rings is 1. The fourth-order valence-corrected chi connectivity index (χ4v) is 1.75. The van der Waals surface area contributed by atoms with Gasteiger partial charge in [-0.05, 0) is 12.1 Å². The normalized spacial score (nSPS) is 16.0. The number of nitro benzene ring substituents is 1. The van der Waals surface area contributed by atoms with Crippen LogP contribution in [0.3, 0.4) is 0 Å². The molecule has 0 N–H and O–H groups in total. The first-order chi connectivity index (χ1) is 9.32. The standard InChI is InChI=1S/C10H7BrF3N3O3/c11-3-4-20-8-2-1-6(5-7(8)17(18)19)9(15-16-9)10(12,13)14/h1-2,5H,3-4H2. The van der Waals surface area contributed by atoms with Gasteiger partial charge in [0, 0.05) is 17.0 Å². The highest BCUT2D eigenvalue weighted by atomic mass is 79.9. The molecule has 1 aliphatic heterocycles. The van der Waals surface area contributed by atoms with E-state index in [0.717, 1.165) is 18.2 Å². The lowest BCUT2D eigenvalue weighted by Crippen LogP contribution is -2.30. The molecule has 0 amide bonds. The minimum Gasteiger partial charge on any atom is -0.486 e. The molecule has 1 heterocycles. The molecule has 0 radical (unpaired) electrons. The minimum atomic E-state index is -4.72. The lowest BCUT2D eigenvalue weighted by atomic mass is 10.0. The Labute approximate surface area is 118 Å². The van der Waals surface area contributed by atoms with Crippen molar-refractivity contribution in [1.29, 1.82) is 0 Å². The van der Waals surface area contributed by atoms with E-state index >= 15 is 0 Å². The van der Waals surface area contributed by atoms with Gasteiger partial charge in [-0.25, -0.2) is 0 Å². The first-order valence-electron chi connectivity index (χ1n) is 5.30. The number of alkyl halides is 4. The van der Waals surface area contributed by atoms with Crippen molar-refractivity contribution in [3.05, 3.63) is 33.9 Å². The largest absolute Gasteiger partial charge is 0.486 e. The SMILES string of the molecule is O=[N+]([O-])c1cc(C2(C(F)(F)F)N=N2)ccc1OCCBr. The zero-order chi connectivity index (χ0) is 15.0. The summed E-state index contributed by atoms with van der Waals surface area (Å²) in [5.74, 6) is -0.101. The molecular formula is C10H7BrF3N3O3. The molecule has 1 aliphatic rings. The number of rotatable bonds is 5. The van der Waals surface area contributed by atoms with Crippen molar-refractivity contribution < 1.29 is 22.8 Å². The van der Waals surface area contributed by atoms with E-state index in [4.69, 9.17) is 4.74 Å². The molecule has 0 fully saturated rings. The van der Waals surface area contributed by atoms with Crippen molar-refractivity contribution >= 4 is 21.6 Å². The van der Waals surface area contributed by atoms with Crippen LogP contribution in [0.25, 0.3) is 0 Å². The lowest BCUT2D eigenvalue weighted by molar-refractivity contribution is -0.386. The fourth-order valence-electron chi connectivity index (χ4n) is 1.59. The van der Waals surface area contributed by atoms with Gasteiger partial charge in [-0.1, -0.05) is 15.9 Å². The molecule has 108 valence electrons. The zero-order valence-corrected chi connectivity index (χ0v) is 11.3. The first-order valence-corrected chi connectivity index (χ1v) is 6.42. The summed E-state index contributed by atoms with van der Waals surface area (Å²) in [5.41, 5.74) is -3.63. The van der Waals surface area contributed by atoms with Crippen LogP contribution in [0.15, 0.2) is 28.4 Å². The summed E-state index contributed by atoms with van der Waals surface area (Å²) < 4.78 is 43.6. The first kappa shape index (κ1) is 14.7. The third-order valence-corrected chi connectivity index (χ3v) is 2.91. The number of nitrogens with zero attached hydrogens (tertiary/aromatic N) is 3. The molecule has 0 aliphatic carbocycles. The van der Waals surface area contributed by atoms with E-state index in [-0.39, 0.29) is 12.4 Å². The average Bonchev–Trinajstić information content (AvgIpc) is 3.16. The van der Waals surface area contributed by atoms with Crippen molar-refractivity contribution in [3.63, 3.8) is 0 Å². The van der Waals surface area contributed by atoms with Crippen LogP contribution < -0.4 is 4.74 Å². The summed E-state index contributed by atoms with van der Waals surface area (Å²) in [4.78, 5) is 10.1. The Kier molecular flexibility index (Phi) is 3.67. The maximum atomic E-state index is 12.8. The average molecular weight is 354 g/mol. The van der Waals surface area contributed by atoms with Gasteiger partial charge in [0.15, 0.2) is 5.75 Å². The highest BCUT2D eigenvalue weighted by Crippen LogP contribution is 2.53. The van der Waals surface area contributed by atoms with Gasteiger partial charge in [0.1, 0.15) is 0 Å². The van der Waals surface area contributed by atoms with Gasteiger partial charge in [0.05, 0.1) is 11.5 Å². The second kappa shape index (κ2) is 5.00. The molecule has 0 spiro atoms. The Morgan fingerprint density at radius 2 is 2.05 bits per heavy atom. The summed E-state index contributed by atoms with van der Waals surface area (Å²) in [6.45, 7) is 0.152. The molecule has 6 nitrogen and oxygen atoms in total. The van der Waals surface area contributed by atoms with Crippen LogP contribution in [0.5, 0.6) is 5.75 Å². The number of ether oxygens (including phenoxy) is 1. The van der Waals surface area contributed by atoms with Crippen molar-refractivity contribution in [3.8, 4) is 5.75 Å². The van der Waals surface area contributed by atoms with Crippen molar-refractivity contribution in [2.75, 3.05) is 11.9 Å². The predicted octanol–water partition coefficient (Wildman–Crippen LogP) is 3.55. The van der Waals surface area contributed by atoms with E-state index in [1.54, 1.807) is 0 Å². The van der Waals surface area contributed by atoms with E-state index in [1.807, 2.05) is 0 Å². The van der Waals surface area contributed by atoms with Crippen LogP contribution in [0.2, 0.25) is 0 Å².